The van der Waals surface area contributed by atoms with Gasteiger partial charge in [-0.15, -0.1) is 0 Å². The van der Waals surface area contributed by atoms with E-state index in [2.05, 4.69) is 48.3 Å². The summed E-state index contributed by atoms with van der Waals surface area (Å²) in [7, 11) is 0. The fraction of sp³-hybridized carbons (Fsp3) is 0.594. The number of ether oxygens (including phenoxy) is 1. The first-order valence-electron chi connectivity index (χ1n) is 14.7. The van der Waals surface area contributed by atoms with E-state index in [4.69, 9.17) is 4.74 Å². The Hall–Kier alpha value is -2.13. The number of nitrogens with zero attached hydrogens (tertiary/aromatic N) is 2. The van der Waals surface area contributed by atoms with Gasteiger partial charge in [-0.25, -0.2) is 0 Å². The first-order chi connectivity index (χ1) is 18.7. The number of β-amino-alcohol motifs (C(OH)–C–C–N with tert-alkyl or cyclic N) is 2. The molecule has 6 aliphatic rings. The molecule has 10 atom stereocenters. The number of hydrogen-bond donors (Lipinski definition) is 4. The molecule has 7 nitrogen and oxygen atoms in total. The average Bonchev–Trinajstić information content (AvgIpc) is 3.57. The lowest BCUT2D eigenvalue weighted by atomic mass is 9.58. The zero-order valence-corrected chi connectivity index (χ0v) is 22.4. The molecule has 2 unspecified atom stereocenters. The number of rotatable bonds is 2. The normalized spacial score (nSPS) is 46.9. The summed E-state index contributed by atoms with van der Waals surface area (Å²) in [4.78, 5) is 6.29. The summed E-state index contributed by atoms with van der Waals surface area (Å²) in [6.07, 6.45) is 10.1. The summed E-state index contributed by atoms with van der Waals surface area (Å²) in [5.74, 6) is 0.804. The maximum Gasteiger partial charge on any atom is 0.105 e. The summed E-state index contributed by atoms with van der Waals surface area (Å²) in [5.41, 5.74) is 2.45. The Bertz CT molecular complexity index is 1400. The van der Waals surface area contributed by atoms with E-state index in [0.717, 1.165) is 37.7 Å². The molecule has 3 aliphatic carbocycles. The lowest BCUT2D eigenvalue weighted by Gasteiger charge is -2.56. The van der Waals surface area contributed by atoms with Gasteiger partial charge in [0.1, 0.15) is 6.10 Å². The first-order valence-corrected chi connectivity index (χ1v) is 14.7. The van der Waals surface area contributed by atoms with Gasteiger partial charge >= 0.3 is 0 Å². The molecule has 2 spiro atoms. The molecule has 7 heteroatoms. The van der Waals surface area contributed by atoms with Crippen LogP contribution < -0.4 is 0 Å². The summed E-state index contributed by atoms with van der Waals surface area (Å²) in [6.45, 7) is 3.04. The summed E-state index contributed by atoms with van der Waals surface area (Å²) >= 11 is 0. The van der Waals surface area contributed by atoms with Gasteiger partial charge in [0.25, 0.3) is 0 Å². The van der Waals surface area contributed by atoms with Crippen molar-refractivity contribution in [3.63, 3.8) is 0 Å². The molecule has 2 saturated carbocycles. The molecule has 0 amide bonds. The Morgan fingerprint density at radius 3 is 2.64 bits per heavy atom. The van der Waals surface area contributed by atoms with E-state index in [1.807, 2.05) is 17.3 Å². The Labute approximate surface area is 228 Å². The van der Waals surface area contributed by atoms with Crippen LogP contribution in [0.2, 0.25) is 0 Å². The van der Waals surface area contributed by atoms with Gasteiger partial charge in [-0.3, -0.25) is 9.88 Å². The molecule has 2 aromatic rings. The minimum atomic E-state index is -1.02. The zero-order chi connectivity index (χ0) is 26.7. The number of pyridine rings is 1. The lowest BCUT2D eigenvalue weighted by molar-refractivity contribution is -0.167. The van der Waals surface area contributed by atoms with E-state index in [1.165, 1.54) is 21.9 Å². The number of benzene rings is 1. The molecule has 2 saturated heterocycles. The molecule has 8 rings (SSSR count). The number of aliphatic hydroxyl groups is 4. The van der Waals surface area contributed by atoms with Crippen LogP contribution in [0.25, 0.3) is 10.8 Å². The van der Waals surface area contributed by atoms with E-state index in [1.54, 1.807) is 0 Å². The molecular formula is C32H38N2O5. The molecule has 206 valence electrons. The molecule has 4 fully saturated rings. The van der Waals surface area contributed by atoms with Gasteiger partial charge in [0.05, 0.1) is 29.5 Å². The monoisotopic (exact) mass is 530 g/mol. The number of aliphatic hydroxyl groups excluding tert-OH is 4. The standard InChI is InChI=1S/C32H38N2O5/c1-30-8-6-21-13-23-28(37)29(38)24(34-16-25(35)26(36)17-34)14-31(23)9-10-32(21,39-31)27(30)5-4-22(30)19-3-2-18-7-11-33-15-20(18)12-19/h2-3,6-7,11-13,15,22,24-29,35-38H,4-5,8-10,14,16-17H2,1H3/t22?,24-,25-,26-,27+,28-,29+,30+,31+,32?/m0/s1. The smallest absolute Gasteiger partial charge is 0.105 e. The van der Waals surface area contributed by atoms with Crippen LogP contribution in [-0.4, -0.2) is 85.1 Å². The first kappa shape index (κ1) is 24.6. The summed E-state index contributed by atoms with van der Waals surface area (Å²) in [5, 5.41) is 45.3. The highest BCUT2D eigenvalue weighted by Gasteiger charge is 2.68. The van der Waals surface area contributed by atoms with E-state index >= 15 is 0 Å². The molecule has 1 aromatic heterocycles. The number of allylic oxidation sites excluding steroid dienone is 1. The fourth-order valence-corrected chi connectivity index (χ4v) is 9.71. The second kappa shape index (κ2) is 8.21. The Balaban J connectivity index is 1.15. The van der Waals surface area contributed by atoms with E-state index in [-0.39, 0.29) is 17.1 Å². The van der Waals surface area contributed by atoms with E-state index < -0.39 is 30.0 Å². The van der Waals surface area contributed by atoms with Crippen LogP contribution in [-0.2, 0) is 4.74 Å². The molecule has 3 aliphatic heterocycles. The number of aromatic nitrogens is 1. The molecular weight excluding hydrogens is 492 g/mol. The van der Waals surface area contributed by atoms with Gasteiger partial charge in [-0.05, 0) is 90.0 Å². The quantitative estimate of drug-likeness (QED) is 0.473. The molecule has 1 aromatic carbocycles. The summed E-state index contributed by atoms with van der Waals surface area (Å²) < 4.78 is 7.31. The van der Waals surface area contributed by atoms with Crippen molar-refractivity contribution in [3.05, 3.63) is 65.5 Å². The topological polar surface area (TPSA) is 106 Å². The zero-order valence-electron chi connectivity index (χ0n) is 22.4. The van der Waals surface area contributed by atoms with E-state index in [9.17, 15) is 20.4 Å². The maximum absolute atomic E-state index is 11.4. The third kappa shape index (κ3) is 3.23. The predicted octanol–water partition coefficient (Wildman–Crippen LogP) is 2.82. The van der Waals surface area contributed by atoms with Crippen molar-refractivity contribution in [2.75, 3.05) is 13.1 Å². The van der Waals surface area contributed by atoms with Crippen LogP contribution in [0.15, 0.2) is 60.0 Å². The molecule has 4 N–H and O–H groups in total. The van der Waals surface area contributed by atoms with Crippen molar-refractivity contribution >= 4 is 10.8 Å². The van der Waals surface area contributed by atoms with Crippen LogP contribution in [0.4, 0.5) is 0 Å². The number of hydrogen-bond acceptors (Lipinski definition) is 7. The highest BCUT2D eigenvalue weighted by atomic mass is 16.5. The third-order valence-electron chi connectivity index (χ3n) is 11.7. The Morgan fingerprint density at radius 2 is 1.82 bits per heavy atom. The third-order valence-corrected chi connectivity index (χ3v) is 11.7. The van der Waals surface area contributed by atoms with Crippen LogP contribution >= 0.6 is 0 Å². The van der Waals surface area contributed by atoms with Crippen molar-refractivity contribution in [3.8, 4) is 0 Å². The van der Waals surface area contributed by atoms with Crippen LogP contribution in [0.1, 0.15) is 56.9 Å². The molecule has 2 bridgehead atoms. The second-order valence-corrected chi connectivity index (χ2v) is 13.4. The SMILES string of the molecule is C[C@]12CC=C3C=C4[C@H](O)[C@H](O)[C@@H](N5C[C@H](O)[C@@H](O)C5)C[C@]45CCC3(O5)[C@@H]1CCC2c1ccc2ccncc2c1. The van der Waals surface area contributed by atoms with Gasteiger partial charge in [-0.2, -0.15) is 0 Å². The molecule has 39 heavy (non-hydrogen) atoms. The van der Waals surface area contributed by atoms with Gasteiger partial charge < -0.3 is 25.2 Å². The minimum absolute atomic E-state index is 0.0611. The lowest BCUT2D eigenvalue weighted by Crippen LogP contribution is -2.62. The van der Waals surface area contributed by atoms with Crippen molar-refractivity contribution in [1.82, 2.24) is 9.88 Å². The average molecular weight is 531 g/mol. The Morgan fingerprint density at radius 1 is 1.00 bits per heavy atom. The minimum Gasteiger partial charge on any atom is -0.389 e. The van der Waals surface area contributed by atoms with Crippen LogP contribution in [0, 0.1) is 11.3 Å². The van der Waals surface area contributed by atoms with Crippen molar-refractivity contribution < 1.29 is 25.2 Å². The van der Waals surface area contributed by atoms with Crippen LogP contribution in [0.3, 0.4) is 0 Å². The predicted molar refractivity (Wildman–Crippen MR) is 146 cm³/mol. The van der Waals surface area contributed by atoms with Crippen LogP contribution in [0.5, 0.6) is 0 Å². The number of likely N-dealkylation sites (tertiary alicyclic amines) is 1. The maximum atomic E-state index is 11.4. The van der Waals surface area contributed by atoms with E-state index in [0.29, 0.717) is 31.3 Å². The van der Waals surface area contributed by atoms with Crippen molar-refractivity contribution in [2.24, 2.45) is 11.3 Å². The largest absolute Gasteiger partial charge is 0.389 e. The highest BCUT2D eigenvalue weighted by molar-refractivity contribution is 5.82. The van der Waals surface area contributed by atoms with Gasteiger partial charge in [-0.1, -0.05) is 31.2 Å². The summed E-state index contributed by atoms with van der Waals surface area (Å²) in [6, 6.07) is 8.55. The van der Waals surface area contributed by atoms with Crippen molar-refractivity contribution in [2.45, 2.75) is 93.0 Å². The van der Waals surface area contributed by atoms with Gasteiger partial charge in [0, 0.05) is 36.9 Å². The highest BCUT2D eigenvalue weighted by Crippen LogP contribution is 2.69. The van der Waals surface area contributed by atoms with Gasteiger partial charge in [0.2, 0.25) is 0 Å². The Kier molecular flexibility index (Phi) is 5.19. The fourth-order valence-electron chi connectivity index (χ4n) is 9.71. The second-order valence-electron chi connectivity index (χ2n) is 13.4. The molecule has 0 radical (unpaired) electrons. The number of fused-ring (bicyclic) bond motifs is 2. The van der Waals surface area contributed by atoms with Gasteiger partial charge in [0.15, 0.2) is 0 Å². The van der Waals surface area contributed by atoms with Crippen molar-refractivity contribution in [1.29, 1.82) is 0 Å². The molecule has 4 heterocycles.